The van der Waals surface area contributed by atoms with Gasteiger partial charge in [0.2, 0.25) is 0 Å². The van der Waals surface area contributed by atoms with E-state index in [9.17, 15) is 14.0 Å². The summed E-state index contributed by atoms with van der Waals surface area (Å²) >= 11 is 1.24. The number of nitrogens with zero attached hydrogens (tertiary/aromatic N) is 1. The first-order valence-electron chi connectivity index (χ1n) is 9.12. The first kappa shape index (κ1) is 18.6. The Hall–Kier alpha value is -2.80. The van der Waals surface area contributed by atoms with Gasteiger partial charge in [0.05, 0.1) is 15.1 Å². The van der Waals surface area contributed by atoms with Gasteiger partial charge in [-0.25, -0.2) is 4.39 Å². The fourth-order valence-electron chi connectivity index (χ4n) is 3.03. The molecule has 0 saturated heterocycles. The van der Waals surface area contributed by atoms with E-state index in [-0.39, 0.29) is 23.9 Å². The standard InChI is InChI=1S/C21H19FN2O3S/c1-23-21(26)19-11-16-20(28-19)18(6-7-24-16)27-17-5-4-13(10-15(17)22)9-14(25)8-12-2-3-12/h4-7,10-12H,2-3,8-9H2,1H3,(H,23,26). The summed E-state index contributed by atoms with van der Waals surface area (Å²) in [6.45, 7) is 0. The molecule has 7 heteroatoms. The second-order valence-corrected chi connectivity index (χ2v) is 8.00. The van der Waals surface area contributed by atoms with Gasteiger partial charge in [-0.15, -0.1) is 11.3 Å². The minimum Gasteiger partial charge on any atom is -0.453 e. The van der Waals surface area contributed by atoms with E-state index in [1.165, 1.54) is 23.5 Å². The molecule has 1 aliphatic rings. The molecule has 0 radical (unpaired) electrons. The Balaban J connectivity index is 1.54. The zero-order chi connectivity index (χ0) is 19.7. The van der Waals surface area contributed by atoms with E-state index in [2.05, 4.69) is 10.3 Å². The summed E-state index contributed by atoms with van der Waals surface area (Å²) < 4.78 is 21.0. The molecule has 2 heterocycles. The number of ketones is 1. The second-order valence-electron chi connectivity index (χ2n) is 6.94. The number of carbonyl (C=O) groups is 2. The van der Waals surface area contributed by atoms with Crippen molar-refractivity contribution in [1.82, 2.24) is 10.3 Å². The van der Waals surface area contributed by atoms with Crippen molar-refractivity contribution >= 4 is 33.2 Å². The molecule has 144 valence electrons. The molecule has 3 aromatic rings. The van der Waals surface area contributed by atoms with Gasteiger partial charge in [0.15, 0.2) is 11.6 Å². The van der Waals surface area contributed by atoms with Crippen LogP contribution in [0.1, 0.15) is 34.5 Å². The first-order valence-corrected chi connectivity index (χ1v) is 9.93. The summed E-state index contributed by atoms with van der Waals surface area (Å²) in [7, 11) is 1.56. The lowest BCUT2D eigenvalue weighted by molar-refractivity contribution is -0.118. The number of halogens is 1. The van der Waals surface area contributed by atoms with Gasteiger partial charge in [0.1, 0.15) is 11.5 Å². The molecule has 0 bridgehead atoms. The summed E-state index contributed by atoms with van der Waals surface area (Å²) in [5.74, 6) is 0.443. The van der Waals surface area contributed by atoms with Crippen molar-refractivity contribution < 1.29 is 18.7 Å². The Labute approximate surface area is 165 Å². The van der Waals surface area contributed by atoms with Crippen LogP contribution in [-0.4, -0.2) is 23.7 Å². The van der Waals surface area contributed by atoms with Crippen molar-refractivity contribution in [1.29, 1.82) is 0 Å². The molecule has 0 aliphatic heterocycles. The van der Waals surface area contributed by atoms with Crippen molar-refractivity contribution in [2.24, 2.45) is 5.92 Å². The number of aromatic nitrogens is 1. The Morgan fingerprint density at radius 2 is 2.07 bits per heavy atom. The second kappa shape index (κ2) is 7.67. The third kappa shape index (κ3) is 4.04. The Morgan fingerprint density at radius 3 is 2.79 bits per heavy atom. The number of thiophene rings is 1. The molecule has 4 rings (SSSR count). The number of ether oxygens (including phenoxy) is 1. The van der Waals surface area contributed by atoms with Crippen LogP contribution >= 0.6 is 11.3 Å². The number of hydrogen-bond acceptors (Lipinski definition) is 5. The van der Waals surface area contributed by atoms with Crippen molar-refractivity contribution in [3.05, 3.63) is 52.8 Å². The van der Waals surface area contributed by atoms with Crippen LogP contribution in [0.2, 0.25) is 0 Å². The molecule has 0 unspecified atom stereocenters. The molecule has 1 N–H and O–H groups in total. The SMILES string of the molecule is CNC(=O)c1cc2nccc(Oc3ccc(CC(=O)CC4CC4)cc3F)c2s1. The van der Waals surface area contributed by atoms with Crippen LogP contribution in [0.4, 0.5) is 4.39 Å². The molecule has 1 saturated carbocycles. The lowest BCUT2D eigenvalue weighted by Crippen LogP contribution is -2.15. The number of fused-ring (bicyclic) bond motifs is 1. The summed E-state index contributed by atoms with van der Waals surface area (Å²) in [6.07, 6.45) is 4.63. The first-order chi connectivity index (χ1) is 13.5. The average molecular weight is 398 g/mol. The van der Waals surface area contributed by atoms with Gasteiger partial charge in [0, 0.05) is 32.2 Å². The maximum Gasteiger partial charge on any atom is 0.261 e. The highest BCUT2D eigenvalue weighted by molar-refractivity contribution is 7.21. The fourth-order valence-corrected chi connectivity index (χ4v) is 4.04. The van der Waals surface area contributed by atoms with E-state index in [1.807, 2.05) is 0 Å². The third-order valence-electron chi connectivity index (χ3n) is 4.66. The van der Waals surface area contributed by atoms with Crippen LogP contribution in [-0.2, 0) is 11.2 Å². The molecular weight excluding hydrogens is 379 g/mol. The van der Waals surface area contributed by atoms with E-state index >= 15 is 0 Å². The number of carbonyl (C=O) groups excluding carboxylic acids is 2. The predicted octanol–water partition coefficient (Wildman–Crippen LogP) is 4.50. The number of benzene rings is 1. The van der Waals surface area contributed by atoms with Crippen LogP contribution in [0.3, 0.4) is 0 Å². The molecule has 1 amide bonds. The Morgan fingerprint density at radius 1 is 1.25 bits per heavy atom. The molecule has 0 spiro atoms. The quantitative estimate of drug-likeness (QED) is 0.636. The highest BCUT2D eigenvalue weighted by atomic mass is 32.1. The molecule has 1 aromatic carbocycles. The van der Waals surface area contributed by atoms with E-state index in [4.69, 9.17) is 4.74 Å². The van der Waals surface area contributed by atoms with Crippen LogP contribution in [0.25, 0.3) is 10.2 Å². The van der Waals surface area contributed by atoms with E-state index in [0.29, 0.717) is 38.7 Å². The van der Waals surface area contributed by atoms with E-state index in [0.717, 1.165) is 12.8 Å². The van der Waals surface area contributed by atoms with Crippen LogP contribution in [0.5, 0.6) is 11.5 Å². The van der Waals surface area contributed by atoms with Crippen molar-refractivity contribution in [3.63, 3.8) is 0 Å². The van der Waals surface area contributed by atoms with Crippen molar-refractivity contribution in [2.75, 3.05) is 7.05 Å². The molecular formula is C21H19FN2O3S. The van der Waals surface area contributed by atoms with Gasteiger partial charge < -0.3 is 10.1 Å². The number of hydrogen-bond donors (Lipinski definition) is 1. The van der Waals surface area contributed by atoms with Gasteiger partial charge in [-0.3, -0.25) is 14.6 Å². The minimum atomic E-state index is -0.523. The Bertz CT molecular complexity index is 1060. The third-order valence-corrected chi connectivity index (χ3v) is 5.80. The number of Topliss-reactive ketones (excluding diaryl/α,β-unsaturated/α-hetero) is 1. The zero-order valence-corrected chi connectivity index (χ0v) is 16.1. The molecule has 2 aromatic heterocycles. The number of amides is 1. The molecule has 28 heavy (non-hydrogen) atoms. The van der Waals surface area contributed by atoms with E-state index in [1.54, 1.807) is 31.4 Å². The largest absolute Gasteiger partial charge is 0.453 e. The maximum atomic E-state index is 14.5. The maximum absolute atomic E-state index is 14.5. The highest BCUT2D eigenvalue weighted by Crippen LogP contribution is 2.36. The Kier molecular flexibility index (Phi) is 5.09. The summed E-state index contributed by atoms with van der Waals surface area (Å²) in [4.78, 5) is 28.6. The molecule has 1 fully saturated rings. The van der Waals surface area contributed by atoms with Crippen molar-refractivity contribution in [3.8, 4) is 11.5 Å². The molecule has 5 nitrogen and oxygen atoms in total. The normalized spacial score (nSPS) is 13.5. The number of rotatable bonds is 7. The van der Waals surface area contributed by atoms with Gasteiger partial charge in [-0.2, -0.15) is 0 Å². The monoisotopic (exact) mass is 398 g/mol. The summed E-state index contributed by atoms with van der Waals surface area (Å²) in [5.41, 5.74) is 1.26. The van der Waals surface area contributed by atoms with Gasteiger partial charge in [0.25, 0.3) is 5.91 Å². The topological polar surface area (TPSA) is 68.3 Å². The van der Waals surface area contributed by atoms with Crippen molar-refractivity contribution in [2.45, 2.75) is 25.7 Å². The lowest BCUT2D eigenvalue weighted by atomic mass is 10.0. The molecule has 1 aliphatic carbocycles. The van der Waals surface area contributed by atoms with Gasteiger partial charge in [-0.1, -0.05) is 6.07 Å². The summed E-state index contributed by atoms with van der Waals surface area (Å²) in [6, 6.07) is 7.92. The fraction of sp³-hybridized carbons (Fsp3) is 0.286. The van der Waals surface area contributed by atoms with Crippen LogP contribution < -0.4 is 10.1 Å². The number of pyridine rings is 1. The molecule has 0 atom stereocenters. The summed E-state index contributed by atoms with van der Waals surface area (Å²) in [5, 5.41) is 2.57. The number of nitrogens with one attached hydrogen (secondary N) is 1. The average Bonchev–Trinajstić information content (AvgIpc) is 3.37. The van der Waals surface area contributed by atoms with Crippen LogP contribution in [0.15, 0.2) is 36.5 Å². The highest BCUT2D eigenvalue weighted by Gasteiger charge is 2.24. The zero-order valence-electron chi connectivity index (χ0n) is 15.3. The van der Waals surface area contributed by atoms with Gasteiger partial charge in [-0.05, 0) is 42.5 Å². The smallest absolute Gasteiger partial charge is 0.261 e. The van der Waals surface area contributed by atoms with Gasteiger partial charge >= 0.3 is 0 Å². The van der Waals surface area contributed by atoms with Crippen LogP contribution in [0, 0.1) is 11.7 Å². The minimum absolute atomic E-state index is 0.0702. The lowest BCUT2D eigenvalue weighted by Gasteiger charge is -2.09. The predicted molar refractivity (Wildman–Crippen MR) is 106 cm³/mol. The van der Waals surface area contributed by atoms with E-state index < -0.39 is 5.82 Å².